The Labute approximate surface area is 81.3 Å². The molecule has 0 unspecified atom stereocenters. The second kappa shape index (κ2) is 4.82. The summed E-state index contributed by atoms with van der Waals surface area (Å²) in [5.41, 5.74) is 0.884. The van der Waals surface area contributed by atoms with Crippen molar-refractivity contribution in [3.63, 3.8) is 0 Å². The van der Waals surface area contributed by atoms with Gasteiger partial charge in [0.05, 0.1) is 0 Å². The van der Waals surface area contributed by atoms with E-state index in [-0.39, 0.29) is 12.2 Å². The Bertz CT molecular complexity index is 303. The second-order valence-electron chi connectivity index (χ2n) is 2.61. The molecule has 68 valence electrons. The van der Waals surface area contributed by atoms with Crippen LogP contribution in [0.5, 0.6) is 0 Å². The van der Waals surface area contributed by atoms with Crippen molar-refractivity contribution in [3.8, 4) is 0 Å². The Morgan fingerprint density at radius 3 is 2.46 bits per heavy atom. The molecule has 0 aliphatic heterocycles. The molecule has 0 atom stereocenters. The maximum atomic E-state index is 10.8. The van der Waals surface area contributed by atoms with Gasteiger partial charge in [-0.25, -0.2) is 0 Å². The summed E-state index contributed by atoms with van der Waals surface area (Å²) in [6.45, 7) is 0. The van der Waals surface area contributed by atoms with Crippen molar-refractivity contribution in [2.75, 3.05) is 6.26 Å². The van der Waals surface area contributed by atoms with Crippen LogP contribution in [0.4, 0.5) is 0 Å². The van der Waals surface area contributed by atoms with Crippen molar-refractivity contribution in [1.29, 1.82) is 0 Å². The van der Waals surface area contributed by atoms with Gasteiger partial charge in [0.15, 0.2) is 12.1 Å². The van der Waals surface area contributed by atoms with E-state index in [0.29, 0.717) is 6.29 Å². The summed E-state index contributed by atoms with van der Waals surface area (Å²) in [5.74, 6) is -0.378. The lowest BCUT2D eigenvalue weighted by Gasteiger charge is -1.98. The number of hydrogen-bond donors (Lipinski definition) is 0. The molecular formula is C10H10O2S. The third-order valence-electron chi connectivity index (χ3n) is 1.67. The fourth-order valence-corrected chi connectivity index (χ4v) is 1.39. The van der Waals surface area contributed by atoms with Crippen LogP contribution in [0, 0.1) is 0 Å². The minimum absolute atomic E-state index is 0.207. The lowest BCUT2D eigenvalue weighted by atomic mass is 10.1. The zero-order valence-corrected chi connectivity index (χ0v) is 8.14. The largest absolute Gasteiger partial charge is 0.295 e. The molecule has 0 radical (unpaired) electrons. The summed E-state index contributed by atoms with van der Waals surface area (Å²) in [7, 11) is 0. The minimum Gasteiger partial charge on any atom is -0.295 e. The van der Waals surface area contributed by atoms with Crippen molar-refractivity contribution >= 4 is 23.8 Å². The van der Waals surface area contributed by atoms with Gasteiger partial charge >= 0.3 is 0 Å². The number of aldehydes is 1. The highest BCUT2D eigenvalue weighted by Gasteiger charge is 2.00. The molecular weight excluding hydrogens is 184 g/mol. The van der Waals surface area contributed by atoms with Gasteiger partial charge in [-0.15, -0.1) is 11.8 Å². The van der Waals surface area contributed by atoms with Gasteiger partial charge in [0.2, 0.25) is 0 Å². The zero-order chi connectivity index (χ0) is 9.68. The van der Waals surface area contributed by atoms with E-state index in [1.54, 1.807) is 11.8 Å². The first-order valence-corrected chi connectivity index (χ1v) is 5.09. The number of ketones is 1. The summed E-state index contributed by atoms with van der Waals surface area (Å²) in [5, 5.41) is 0. The van der Waals surface area contributed by atoms with Crippen LogP contribution >= 0.6 is 11.8 Å². The van der Waals surface area contributed by atoms with Gasteiger partial charge < -0.3 is 0 Å². The van der Waals surface area contributed by atoms with E-state index in [1.807, 2.05) is 30.5 Å². The molecule has 1 rings (SSSR count). The Morgan fingerprint density at radius 2 is 2.00 bits per heavy atom. The first kappa shape index (κ1) is 9.99. The van der Waals surface area contributed by atoms with Gasteiger partial charge in [-0.05, 0) is 24.0 Å². The SMILES string of the molecule is CSc1ccc(CC(=O)C=O)cc1. The molecule has 3 heteroatoms. The quantitative estimate of drug-likeness (QED) is 0.416. The fourth-order valence-electron chi connectivity index (χ4n) is 0.986. The summed E-state index contributed by atoms with van der Waals surface area (Å²) >= 11 is 1.65. The second-order valence-corrected chi connectivity index (χ2v) is 3.49. The summed E-state index contributed by atoms with van der Waals surface area (Å²) in [4.78, 5) is 22.0. The number of hydrogen-bond acceptors (Lipinski definition) is 3. The normalized spacial score (nSPS) is 9.62. The van der Waals surface area contributed by atoms with Gasteiger partial charge in [0, 0.05) is 11.3 Å². The standard InChI is InChI=1S/C10H10O2S/c1-13-10-4-2-8(3-5-10)6-9(12)7-11/h2-5,7H,6H2,1H3. The van der Waals surface area contributed by atoms with Crippen LogP contribution in [0.25, 0.3) is 0 Å². The average Bonchev–Trinajstić information content (AvgIpc) is 2.19. The zero-order valence-electron chi connectivity index (χ0n) is 7.32. The van der Waals surface area contributed by atoms with E-state index in [2.05, 4.69) is 0 Å². The molecule has 0 saturated carbocycles. The first-order valence-electron chi connectivity index (χ1n) is 3.87. The number of Topliss-reactive ketones (excluding diaryl/α,β-unsaturated/α-hetero) is 1. The maximum Gasteiger partial charge on any atom is 0.199 e. The Morgan fingerprint density at radius 1 is 1.38 bits per heavy atom. The lowest BCUT2D eigenvalue weighted by molar-refractivity contribution is -0.129. The molecule has 1 aromatic rings. The van der Waals surface area contributed by atoms with E-state index in [0.717, 1.165) is 10.5 Å². The highest BCUT2D eigenvalue weighted by Crippen LogP contribution is 2.14. The van der Waals surface area contributed by atoms with Gasteiger partial charge in [-0.1, -0.05) is 12.1 Å². The Kier molecular flexibility index (Phi) is 3.71. The topological polar surface area (TPSA) is 34.1 Å². The number of rotatable bonds is 4. The van der Waals surface area contributed by atoms with E-state index in [9.17, 15) is 9.59 Å². The van der Waals surface area contributed by atoms with Crippen LogP contribution in [0.1, 0.15) is 5.56 Å². The maximum absolute atomic E-state index is 10.8. The minimum atomic E-state index is -0.378. The smallest absolute Gasteiger partial charge is 0.199 e. The lowest BCUT2D eigenvalue weighted by Crippen LogP contribution is -2.02. The molecule has 0 amide bonds. The fraction of sp³-hybridized carbons (Fsp3) is 0.200. The predicted molar refractivity (Wildman–Crippen MR) is 53.0 cm³/mol. The molecule has 0 heterocycles. The summed E-state index contributed by atoms with van der Waals surface area (Å²) in [6, 6.07) is 7.62. The van der Waals surface area contributed by atoms with Gasteiger partial charge in [0.1, 0.15) is 0 Å². The third kappa shape index (κ3) is 3.03. The highest BCUT2D eigenvalue weighted by molar-refractivity contribution is 7.98. The van der Waals surface area contributed by atoms with Crippen LogP contribution in [0.15, 0.2) is 29.2 Å². The van der Waals surface area contributed by atoms with Crippen LogP contribution in [-0.4, -0.2) is 18.3 Å². The number of thioether (sulfide) groups is 1. The highest BCUT2D eigenvalue weighted by atomic mass is 32.2. The van der Waals surface area contributed by atoms with Crippen molar-refractivity contribution in [3.05, 3.63) is 29.8 Å². The summed E-state index contributed by atoms with van der Waals surface area (Å²) < 4.78 is 0. The van der Waals surface area contributed by atoms with E-state index in [4.69, 9.17) is 0 Å². The molecule has 0 spiro atoms. The van der Waals surface area contributed by atoms with Gasteiger partial charge in [-0.2, -0.15) is 0 Å². The van der Waals surface area contributed by atoms with Crippen LogP contribution in [0.3, 0.4) is 0 Å². The molecule has 0 bridgehead atoms. The van der Waals surface area contributed by atoms with E-state index >= 15 is 0 Å². The average molecular weight is 194 g/mol. The molecule has 0 saturated heterocycles. The number of carbonyl (C=O) groups is 2. The molecule has 0 aromatic heterocycles. The number of carbonyl (C=O) groups excluding carboxylic acids is 2. The summed E-state index contributed by atoms with van der Waals surface area (Å²) in [6.07, 6.45) is 2.56. The molecule has 13 heavy (non-hydrogen) atoms. The predicted octanol–water partition coefficient (Wildman–Crippen LogP) is 1.72. The molecule has 0 N–H and O–H groups in total. The van der Waals surface area contributed by atoms with Crippen molar-refractivity contribution in [2.24, 2.45) is 0 Å². The van der Waals surface area contributed by atoms with Gasteiger partial charge in [-0.3, -0.25) is 9.59 Å². The first-order chi connectivity index (χ1) is 6.26. The van der Waals surface area contributed by atoms with Crippen molar-refractivity contribution in [1.82, 2.24) is 0 Å². The van der Waals surface area contributed by atoms with Crippen LogP contribution in [0.2, 0.25) is 0 Å². The Hall–Kier alpha value is -1.09. The van der Waals surface area contributed by atoms with Crippen LogP contribution < -0.4 is 0 Å². The number of benzene rings is 1. The molecule has 0 fully saturated rings. The molecule has 2 nitrogen and oxygen atoms in total. The van der Waals surface area contributed by atoms with Gasteiger partial charge in [0.25, 0.3) is 0 Å². The molecule has 0 aliphatic carbocycles. The monoisotopic (exact) mass is 194 g/mol. The Balaban J connectivity index is 2.69. The van der Waals surface area contributed by atoms with Crippen LogP contribution in [-0.2, 0) is 16.0 Å². The molecule has 0 aliphatic rings. The van der Waals surface area contributed by atoms with E-state index in [1.165, 1.54) is 0 Å². The molecule has 1 aromatic carbocycles. The third-order valence-corrected chi connectivity index (χ3v) is 2.41. The van der Waals surface area contributed by atoms with Crippen molar-refractivity contribution in [2.45, 2.75) is 11.3 Å². The van der Waals surface area contributed by atoms with E-state index < -0.39 is 0 Å². The van der Waals surface area contributed by atoms with Crippen molar-refractivity contribution < 1.29 is 9.59 Å².